The van der Waals surface area contributed by atoms with Gasteiger partial charge in [-0.1, -0.05) is 12.1 Å². The summed E-state index contributed by atoms with van der Waals surface area (Å²) in [6, 6.07) is 11.9. The van der Waals surface area contributed by atoms with E-state index >= 15 is 0 Å². The Kier molecular flexibility index (Phi) is 4.50. The van der Waals surface area contributed by atoms with Crippen LogP contribution in [0.1, 0.15) is 10.4 Å². The van der Waals surface area contributed by atoms with Gasteiger partial charge >= 0.3 is 0 Å². The van der Waals surface area contributed by atoms with Gasteiger partial charge < -0.3 is 10.0 Å². The van der Waals surface area contributed by atoms with Crippen molar-refractivity contribution in [1.29, 1.82) is 0 Å². The Morgan fingerprint density at radius 1 is 1.09 bits per heavy atom. The smallest absolute Gasteiger partial charge is 0.127 e. The van der Waals surface area contributed by atoms with Crippen LogP contribution in [-0.4, -0.2) is 36.1 Å². The third-order valence-electron chi connectivity index (χ3n) is 3.74. The van der Waals surface area contributed by atoms with E-state index in [0.29, 0.717) is 5.75 Å². The summed E-state index contributed by atoms with van der Waals surface area (Å²) in [5, 5.41) is 10.8. The van der Waals surface area contributed by atoms with Crippen LogP contribution in [0.4, 0.5) is 5.82 Å². The van der Waals surface area contributed by atoms with Crippen LogP contribution < -0.4 is 4.90 Å². The third-order valence-corrected chi connectivity index (χ3v) is 4.82. The molecule has 0 spiro atoms. The Morgan fingerprint density at radius 2 is 1.91 bits per heavy atom. The van der Waals surface area contributed by atoms with Crippen molar-refractivity contribution in [3.8, 4) is 5.75 Å². The molecule has 120 valence electrons. The SMILES string of the molecule is CN(Cc1ccc(N(C)C)nc1)Cc1cc2c(O)cccc2s1. The number of thiophene rings is 1. The highest BCUT2D eigenvalue weighted by Gasteiger charge is 2.08. The van der Waals surface area contributed by atoms with Crippen molar-refractivity contribution in [1.82, 2.24) is 9.88 Å². The molecule has 0 atom stereocenters. The van der Waals surface area contributed by atoms with E-state index in [1.54, 1.807) is 17.4 Å². The predicted octanol–water partition coefficient (Wildman–Crippen LogP) is 3.70. The third kappa shape index (κ3) is 3.63. The minimum Gasteiger partial charge on any atom is -0.507 e. The largest absolute Gasteiger partial charge is 0.507 e. The number of hydrogen-bond donors (Lipinski definition) is 1. The summed E-state index contributed by atoms with van der Waals surface area (Å²) in [6.45, 7) is 1.70. The van der Waals surface area contributed by atoms with Gasteiger partial charge in [0.15, 0.2) is 0 Å². The number of benzene rings is 1. The lowest BCUT2D eigenvalue weighted by atomic mass is 10.2. The first-order chi connectivity index (χ1) is 11.0. The van der Waals surface area contributed by atoms with Gasteiger partial charge in [0.25, 0.3) is 0 Å². The summed E-state index contributed by atoms with van der Waals surface area (Å²) >= 11 is 1.73. The zero-order valence-electron chi connectivity index (χ0n) is 13.7. The van der Waals surface area contributed by atoms with E-state index in [4.69, 9.17) is 0 Å². The lowest BCUT2D eigenvalue weighted by Crippen LogP contribution is -2.17. The van der Waals surface area contributed by atoms with Crippen molar-refractivity contribution < 1.29 is 5.11 Å². The molecule has 0 aliphatic rings. The number of phenols is 1. The van der Waals surface area contributed by atoms with Gasteiger partial charge in [0, 0.05) is 48.3 Å². The molecule has 0 fully saturated rings. The van der Waals surface area contributed by atoms with Crippen molar-refractivity contribution in [2.24, 2.45) is 0 Å². The summed E-state index contributed by atoms with van der Waals surface area (Å²) in [5.41, 5.74) is 1.20. The molecule has 3 aromatic rings. The Labute approximate surface area is 140 Å². The zero-order valence-corrected chi connectivity index (χ0v) is 14.5. The van der Waals surface area contributed by atoms with Gasteiger partial charge in [-0.25, -0.2) is 4.98 Å². The van der Waals surface area contributed by atoms with E-state index in [-0.39, 0.29) is 0 Å². The number of fused-ring (bicyclic) bond motifs is 1. The van der Waals surface area contributed by atoms with Crippen molar-refractivity contribution in [3.05, 3.63) is 53.0 Å². The number of phenolic OH excluding ortho intramolecular Hbond substituents is 1. The zero-order chi connectivity index (χ0) is 16.4. The second-order valence-corrected chi connectivity index (χ2v) is 7.16. The van der Waals surface area contributed by atoms with Crippen molar-refractivity contribution >= 4 is 27.2 Å². The molecule has 0 amide bonds. The van der Waals surface area contributed by atoms with Crippen LogP contribution in [0.5, 0.6) is 5.75 Å². The molecule has 1 aromatic carbocycles. The summed E-state index contributed by atoms with van der Waals surface area (Å²) < 4.78 is 1.13. The molecule has 0 unspecified atom stereocenters. The fourth-order valence-corrected chi connectivity index (χ4v) is 3.75. The summed E-state index contributed by atoms with van der Waals surface area (Å²) in [7, 11) is 6.08. The van der Waals surface area contributed by atoms with Crippen LogP contribution >= 0.6 is 11.3 Å². The average molecular weight is 327 g/mol. The van der Waals surface area contributed by atoms with Crippen LogP contribution in [0.2, 0.25) is 0 Å². The van der Waals surface area contributed by atoms with Gasteiger partial charge in [0.1, 0.15) is 11.6 Å². The molecule has 1 N–H and O–H groups in total. The molecule has 23 heavy (non-hydrogen) atoms. The summed E-state index contributed by atoms with van der Waals surface area (Å²) in [6.07, 6.45) is 1.93. The number of rotatable bonds is 5. The van der Waals surface area contributed by atoms with Gasteiger partial charge in [0.05, 0.1) is 0 Å². The van der Waals surface area contributed by atoms with Crippen LogP contribution in [0.3, 0.4) is 0 Å². The second kappa shape index (κ2) is 6.56. The van der Waals surface area contributed by atoms with E-state index in [9.17, 15) is 5.11 Å². The fraction of sp³-hybridized carbons (Fsp3) is 0.278. The molecule has 0 aliphatic heterocycles. The van der Waals surface area contributed by atoms with Crippen LogP contribution in [-0.2, 0) is 13.1 Å². The Morgan fingerprint density at radius 3 is 2.57 bits per heavy atom. The number of aromatic hydroxyl groups is 1. The maximum Gasteiger partial charge on any atom is 0.127 e. The van der Waals surface area contributed by atoms with E-state index < -0.39 is 0 Å². The van der Waals surface area contributed by atoms with Gasteiger partial charge in [-0.2, -0.15) is 0 Å². The number of hydrogen-bond acceptors (Lipinski definition) is 5. The van der Waals surface area contributed by atoms with Gasteiger partial charge in [0.2, 0.25) is 0 Å². The highest BCUT2D eigenvalue weighted by Crippen LogP contribution is 2.32. The summed E-state index contributed by atoms with van der Waals surface area (Å²) in [4.78, 5) is 9.96. The van der Waals surface area contributed by atoms with Crippen LogP contribution in [0, 0.1) is 0 Å². The number of aromatic nitrogens is 1. The normalized spacial score (nSPS) is 11.3. The molecular weight excluding hydrogens is 306 g/mol. The van der Waals surface area contributed by atoms with Gasteiger partial charge in [-0.15, -0.1) is 11.3 Å². The van der Waals surface area contributed by atoms with Gasteiger partial charge in [-0.05, 0) is 36.9 Å². The molecule has 0 aliphatic carbocycles. The molecule has 3 rings (SSSR count). The minimum absolute atomic E-state index is 0.358. The Balaban J connectivity index is 1.68. The maximum absolute atomic E-state index is 9.91. The molecule has 0 radical (unpaired) electrons. The second-order valence-electron chi connectivity index (χ2n) is 5.99. The molecule has 4 nitrogen and oxygen atoms in total. The van der Waals surface area contributed by atoms with Crippen molar-refractivity contribution in [3.63, 3.8) is 0 Å². The first-order valence-electron chi connectivity index (χ1n) is 7.54. The van der Waals surface area contributed by atoms with Crippen LogP contribution in [0.15, 0.2) is 42.6 Å². The van der Waals surface area contributed by atoms with Gasteiger partial charge in [-0.3, -0.25) is 4.90 Å². The standard InChI is InChI=1S/C18H21N3OS/c1-20(2)18-8-7-13(10-19-18)11-21(3)12-14-9-15-16(22)5-4-6-17(15)23-14/h4-10,22H,11-12H2,1-3H3. The van der Waals surface area contributed by atoms with E-state index in [0.717, 1.165) is 29.0 Å². The fourth-order valence-electron chi connectivity index (χ4n) is 2.58. The quantitative estimate of drug-likeness (QED) is 0.775. The highest BCUT2D eigenvalue weighted by atomic mass is 32.1. The Bertz CT molecular complexity index is 796. The Hall–Kier alpha value is -2.11. The summed E-state index contributed by atoms with van der Waals surface area (Å²) in [5.74, 6) is 1.33. The number of anilines is 1. The topological polar surface area (TPSA) is 39.6 Å². The highest BCUT2D eigenvalue weighted by molar-refractivity contribution is 7.19. The van der Waals surface area contributed by atoms with Crippen molar-refractivity contribution in [2.45, 2.75) is 13.1 Å². The van der Waals surface area contributed by atoms with E-state index in [1.807, 2.05) is 43.4 Å². The molecule has 0 saturated heterocycles. The number of pyridine rings is 1. The molecule has 2 aromatic heterocycles. The van der Waals surface area contributed by atoms with E-state index in [1.165, 1.54) is 10.4 Å². The minimum atomic E-state index is 0.358. The van der Waals surface area contributed by atoms with E-state index in [2.05, 4.69) is 29.1 Å². The molecule has 0 saturated carbocycles. The lowest BCUT2D eigenvalue weighted by Gasteiger charge is -2.16. The average Bonchev–Trinajstić information content (AvgIpc) is 2.91. The maximum atomic E-state index is 9.91. The molecule has 5 heteroatoms. The lowest BCUT2D eigenvalue weighted by molar-refractivity contribution is 0.321. The first kappa shape index (κ1) is 15.8. The number of nitrogens with zero attached hydrogens (tertiary/aromatic N) is 3. The molecule has 2 heterocycles. The monoisotopic (exact) mass is 327 g/mol. The first-order valence-corrected chi connectivity index (χ1v) is 8.36. The van der Waals surface area contributed by atoms with Crippen molar-refractivity contribution in [2.75, 3.05) is 26.0 Å². The van der Waals surface area contributed by atoms with Crippen LogP contribution in [0.25, 0.3) is 10.1 Å². The molecular formula is C18H21N3OS. The molecule has 0 bridgehead atoms. The predicted molar refractivity (Wildman–Crippen MR) is 97.2 cm³/mol.